The fourth-order valence-electron chi connectivity index (χ4n) is 3.78. The first kappa shape index (κ1) is 15.3. The number of nitrogens with one attached hydrogen (secondary N) is 1. The number of rotatable bonds is 2. The van der Waals surface area contributed by atoms with E-state index in [9.17, 15) is 9.18 Å². The van der Waals surface area contributed by atoms with Crippen molar-refractivity contribution in [2.75, 3.05) is 13.1 Å². The van der Waals surface area contributed by atoms with Crippen LogP contribution in [0.4, 0.5) is 4.39 Å². The molecule has 0 spiro atoms. The summed E-state index contributed by atoms with van der Waals surface area (Å²) in [5, 5.41) is 7.83. The second-order valence-electron chi connectivity index (χ2n) is 6.68. The van der Waals surface area contributed by atoms with Gasteiger partial charge in [0.25, 0.3) is 5.91 Å². The summed E-state index contributed by atoms with van der Waals surface area (Å²) in [5.74, 6) is -0.358. The van der Waals surface area contributed by atoms with E-state index in [-0.39, 0.29) is 11.7 Å². The summed E-state index contributed by atoms with van der Waals surface area (Å²) in [4.78, 5) is 14.8. The molecule has 5 nitrogen and oxygen atoms in total. The van der Waals surface area contributed by atoms with Crippen molar-refractivity contribution in [3.8, 4) is 5.69 Å². The number of para-hydroxylation sites is 1. The van der Waals surface area contributed by atoms with Gasteiger partial charge in [-0.15, -0.1) is 0 Å². The van der Waals surface area contributed by atoms with Gasteiger partial charge in [0.2, 0.25) is 0 Å². The summed E-state index contributed by atoms with van der Waals surface area (Å²) < 4.78 is 15.5. The molecule has 2 saturated heterocycles. The van der Waals surface area contributed by atoms with E-state index in [0.717, 1.165) is 25.9 Å². The summed E-state index contributed by atoms with van der Waals surface area (Å²) >= 11 is 0. The first-order valence-electron chi connectivity index (χ1n) is 8.48. The predicted octanol–water partition coefficient (Wildman–Crippen LogP) is 2.29. The van der Waals surface area contributed by atoms with Crippen LogP contribution in [-0.4, -0.2) is 45.8 Å². The number of nitrogens with zero attached hydrogens (tertiary/aromatic N) is 3. The number of amides is 1. The number of benzene rings is 1. The Bertz CT molecular complexity index is 772. The molecule has 0 saturated carbocycles. The second-order valence-corrected chi connectivity index (χ2v) is 6.68. The molecule has 1 aromatic carbocycles. The van der Waals surface area contributed by atoms with Crippen LogP contribution in [0.3, 0.4) is 0 Å². The van der Waals surface area contributed by atoms with Gasteiger partial charge in [0, 0.05) is 25.2 Å². The third-order valence-electron chi connectivity index (χ3n) is 5.13. The molecule has 1 aromatic heterocycles. The van der Waals surface area contributed by atoms with Gasteiger partial charge in [-0.05, 0) is 38.3 Å². The molecule has 0 radical (unpaired) electrons. The Morgan fingerprint density at radius 3 is 2.88 bits per heavy atom. The van der Waals surface area contributed by atoms with Crippen LogP contribution in [0, 0.1) is 12.7 Å². The molecule has 1 N–H and O–H groups in total. The molecule has 2 atom stereocenters. The predicted molar refractivity (Wildman–Crippen MR) is 88.7 cm³/mol. The van der Waals surface area contributed by atoms with Crippen molar-refractivity contribution in [2.45, 2.75) is 38.3 Å². The van der Waals surface area contributed by atoms with Gasteiger partial charge >= 0.3 is 0 Å². The number of halogens is 1. The topological polar surface area (TPSA) is 50.2 Å². The van der Waals surface area contributed by atoms with Crippen LogP contribution in [0.15, 0.2) is 30.5 Å². The summed E-state index contributed by atoms with van der Waals surface area (Å²) in [6.45, 7) is 3.31. The average Bonchev–Trinajstić information content (AvgIpc) is 3.10. The minimum absolute atomic E-state index is 0.00978. The molecule has 6 heteroatoms. The van der Waals surface area contributed by atoms with Crippen molar-refractivity contribution in [1.29, 1.82) is 0 Å². The van der Waals surface area contributed by atoms with E-state index < -0.39 is 0 Å². The lowest BCUT2D eigenvalue weighted by atomic mass is 10.1. The van der Waals surface area contributed by atoms with Crippen LogP contribution < -0.4 is 5.32 Å². The van der Waals surface area contributed by atoms with Crippen LogP contribution in [-0.2, 0) is 0 Å². The highest BCUT2D eigenvalue weighted by Gasteiger charge is 2.32. The molecule has 4 rings (SSSR count). The lowest BCUT2D eigenvalue weighted by molar-refractivity contribution is 0.0747. The van der Waals surface area contributed by atoms with E-state index >= 15 is 0 Å². The monoisotopic (exact) mass is 328 g/mol. The smallest absolute Gasteiger partial charge is 0.257 e. The summed E-state index contributed by atoms with van der Waals surface area (Å²) in [6.07, 6.45) is 4.88. The summed E-state index contributed by atoms with van der Waals surface area (Å²) in [6, 6.07) is 7.40. The third-order valence-corrected chi connectivity index (χ3v) is 5.13. The molecule has 1 amide bonds. The molecule has 126 valence electrons. The zero-order valence-corrected chi connectivity index (χ0v) is 13.7. The highest BCUT2D eigenvalue weighted by molar-refractivity contribution is 5.95. The van der Waals surface area contributed by atoms with Gasteiger partial charge in [-0.3, -0.25) is 4.79 Å². The normalized spacial score (nSPS) is 23.3. The fourth-order valence-corrected chi connectivity index (χ4v) is 3.78. The zero-order chi connectivity index (χ0) is 16.7. The van der Waals surface area contributed by atoms with E-state index in [1.54, 1.807) is 24.4 Å². The summed E-state index contributed by atoms with van der Waals surface area (Å²) in [5.41, 5.74) is 1.59. The SMILES string of the molecule is Cc1c(C(=O)N2CCC3CCC(C2)N3)cnn1-c1ccccc1F. The Balaban J connectivity index is 1.61. The first-order chi connectivity index (χ1) is 11.6. The number of fused-ring (bicyclic) bond motifs is 2. The second kappa shape index (κ2) is 6.02. The minimum Gasteiger partial charge on any atom is -0.337 e. The first-order valence-corrected chi connectivity index (χ1v) is 8.48. The maximum atomic E-state index is 14.0. The van der Waals surface area contributed by atoms with Gasteiger partial charge in [-0.25, -0.2) is 9.07 Å². The van der Waals surface area contributed by atoms with Gasteiger partial charge in [0.05, 0.1) is 17.5 Å². The number of carbonyl (C=O) groups excluding carboxylic acids is 1. The number of hydrogen-bond acceptors (Lipinski definition) is 3. The van der Waals surface area contributed by atoms with Gasteiger partial charge in [-0.1, -0.05) is 12.1 Å². The highest BCUT2D eigenvalue weighted by Crippen LogP contribution is 2.23. The van der Waals surface area contributed by atoms with E-state index in [0.29, 0.717) is 29.0 Å². The Morgan fingerprint density at radius 2 is 2.04 bits per heavy atom. The van der Waals surface area contributed by atoms with Crippen molar-refractivity contribution in [3.63, 3.8) is 0 Å². The van der Waals surface area contributed by atoms with E-state index in [1.165, 1.54) is 17.2 Å². The molecule has 2 aliphatic rings. The van der Waals surface area contributed by atoms with Gasteiger partial charge in [0.15, 0.2) is 0 Å². The fraction of sp³-hybridized carbons (Fsp3) is 0.444. The van der Waals surface area contributed by atoms with Crippen molar-refractivity contribution >= 4 is 5.91 Å². The van der Waals surface area contributed by atoms with Crippen LogP contribution in [0.25, 0.3) is 5.69 Å². The highest BCUT2D eigenvalue weighted by atomic mass is 19.1. The largest absolute Gasteiger partial charge is 0.337 e. The van der Waals surface area contributed by atoms with E-state index in [4.69, 9.17) is 0 Å². The van der Waals surface area contributed by atoms with Crippen LogP contribution >= 0.6 is 0 Å². The van der Waals surface area contributed by atoms with Crippen molar-refractivity contribution < 1.29 is 9.18 Å². The Kier molecular flexibility index (Phi) is 3.84. The standard InChI is InChI=1S/C18H21FN4O/c1-12-15(10-20-23(12)17-5-3-2-4-16(17)19)18(24)22-9-8-13-6-7-14(11-22)21-13/h2-5,10,13-14,21H,6-9,11H2,1H3. The maximum absolute atomic E-state index is 14.0. The quantitative estimate of drug-likeness (QED) is 0.920. The van der Waals surface area contributed by atoms with Crippen molar-refractivity contribution in [1.82, 2.24) is 20.0 Å². The lowest BCUT2D eigenvalue weighted by Gasteiger charge is -2.24. The Morgan fingerprint density at radius 1 is 1.25 bits per heavy atom. The number of likely N-dealkylation sites (tertiary alicyclic amines) is 1. The molecule has 24 heavy (non-hydrogen) atoms. The maximum Gasteiger partial charge on any atom is 0.257 e. The summed E-state index contributed by atoms with van der Waals surface area (Å²) in [7, 11) is 0. The number of hydrogen-bond donors (Lipinski definition) is 1. The molecule has 2 fully saturated rings. The number of carbonyl (C=O) groups is 1. The molecule has 2 unspecified atom stereocenters. The molecule has 2 aromatic rings. The molecular weight excluding hydrogens is 307 g/mol. The van der Waals surface area contributed by atoms with Gasteiger partial charge < -0.3 is 10.2 Å². The van der Waals surface area contributed by atoms with Crippen LogP contribution in [0.1, 0.15) is 35.3 Å². The Hall–Kier alpha value is -2.21. The van der Waals surface area contributed by atoms with Crippen molar-refractivity contribution in [2.24, 2.45) is 0 Å². The average molecular weight is 328 g/mol. The Labute approximate surface area is 140 Å². The van der Waals surface area contributed by atoms with E-state index in [2.05, 4.69) is 10.4 Å². The minimum atomic E-state index is -0.348. The molecule has 3 heterocycles. The van der Waals surface area contributed by atoms with E-state index in [1.807, 2.05) is 11.8 Å². The van der Waals surface area contributed by atoms with Crippen LogP contribution in [0.5, 0.6) is 0 Å². The lowest BCUT2D eigenvalue weighted by Crippen LogP contribution is -2.39. The van der Waals surface area contributed by atoms with Gasteiger partial charge in [-0.2, -0.15) is 5.10 Å². The molecule has 2 aliphatic heterocycles. The number of aromatic nitrogens is 2. The third kappa shape index (κ3) is 2.60. The van der Waals surface area contributed by atoms with Crippen LogP contribution in [0.2, 0.25) is 0 Å². The molecular formula is C18H21FN4O. The molecule has 0 aliphatic carbocycles. The molecule has 2 bridgehead atoms. The van der Waals surface area contributed by atoms with Gasteiger partial charge in [0.1, 0.15) is 11.5 Å². The zero-order valence-electron chi connectivity index (χ0n) is 13.7. The van der Waals surface area contributed by atoms with Crippen molar-refractivity contribution in [3.05, 3.63) is 47.5 Å².